The van der Waals surface area contributed by atoms with Gasteiger partial charge in [-0.05, 0) is 30.3 Å². The summed E-state index contributed by atoms with van der Waals surface area (Å²) in [5, 5.41) is 5.01. The van der Waals surface area contributed by atoms with Crippen LogP contribution >= 0.6 is 23.4 Å². The molecule has 1 unspecified atom stereocenters. The molecule has 0 spiro atoms. The van der Waals surface area contributed by atoms with Gasteiger partial charge >= 0.3 is 0 Å². The molecule has 6 nitrogen and oxygen atoms in total. The first kappa shape index (κ1) is 17.5. The summed E-state index contributed by atoms with van der Waals surface area (Å²) in [7, 11) is 0. The molecule has 0 saturated carbocycles. The maximum absolute atomic E-state index is 13.1. The summed E-state index contributed by atoms with van der Waals surface area (Å²) in [5.41, 5.74) is 0.367. The maximum atomic E-state index is 13.1. The van der Waals surface area contributed by atoms with Gasteiger partial charge in [-0.25, -0.2) is 4.39 Å². The normalized spacial score (nSPS) is 18.4. The molecule has 1 saturated heterocycles. The van der Waals surface area contributed by atoms with E-state index in [1.165, 1.54) is 23.9 Å². The molecule has 3 rings (SSSR count). The molecule has 2 aromatic rings. The van der Waals surface area contributed by atoms with Crippen LogP contribution in [0.15, 0.2) is 46.0 Å². The van der Waals surface area contributed by atoms with E-state index < -0.39 is 11.1 Å². The van der Waals surface area contributed by atoms with Crippen molar-refractivity contribution in [3.8, 4) is 0 Å². The van der Waals surface area contributed by atoms with Gasteiger partial charge in [0.2, 0.25) is 11.8 Å². The van der Waals surface area contributed by atoms with E-state index in [0.717, 1.165) is 6.07 Å². The average molecular weight is 382 g/mol. The van der Waals surface area contributed by atoms with E-state index >= 15 is 0 Å². The lowest BCUT2D eigenvalue weighted by Gasteiger charge is -2.08. The van der Waals surface area contributed by atoms with Crippen LogP contribution in [0.2, 0.25) is 5.02 Å². The molecule has 1 aromatic carbocycles. The first-order chi connectivity index (χ1) is 12.0. The Kier molecular flexibility index (Phi) is 5.40. The minimum atomic E-state index is -0.578. The third-order valence-electron chi connectivity index (χ3n) is 3.31. The first-order valence-corrected chi connectivity index (χ1v) is 8.56. The largest absolute Gasteiger partial charge is 0.467 e. The molecule has 9 heteroatoms. The van der Waals surface area contributed by atoms with Crippen molar-refractivity contribution in [1.29, 1.82) is 0 Å². The van der Waals surface area contributed by atoms with Crippen molar-refractivity contribution in [2.75, 3.05) is 5.32 Å². The van der Waals surface area contributed by atoms with E-state index in [2.05, 4.69) is 15.6 Å². The Morgan fingerprint density at radius 3 is 3.00 bits per heavy atom. The molecule has 2 amide bonds. The zero-order valence-corrected chi connectivity index (χ0v) is 14.4. The Balaban J connectivity index is 1.55. The Hall–Kier alpha value is -2.32. The number of halogens is 2. The van der Waals surface area contributed by atoms with Crippen molar-refractivity contribution in [2.24, 2.45) is 4.99 Å². The second kappa shape index (κ2) is 7.71. The molecule has 2 heterocycles. The van der Waals surface area contributed by atoms with Gasteiger partial charge in [0.05, 0.1) is 17.8 Å². The third kappa shape index (κ3) is 4.61. The van der Waals surface area contributed by atoms with Crippen molar-refractivity contribution < 1.29 is 18.4 Å². The predicted octanol–water partition coefficient (Wildman–Crippen LogP) is 3.19. The Morgan fingerprint density at radius 2 is 2.28 bits per heavy atom. The Labute approximate surface area is 151 Å². The number of rotatable bonds is 5. The third-order valence-corrected chi connectivity index (χ3v) is 4.72. The fourth-order valence-electron chi connectivity index (χ4n) is 2.12. The topological polar surface area (TPSA) is 83.7 Å². The zero-order chi connectivity index (χ0) is 17.8. The molecule has 1 aromatic heterocycles. The SMILES string of the molecule is O=C(CC1SC(=NCc2ccco2)NC1=O)Nc1ccc(F)c(Cl)c1. The number of thioether (sulfide) groups is 1. The number of hydrogen-bond acceptors (Lipinski definition) is 5. The van der Waals surface area contributed by atoms with E-state index in [0.29, 0.717) is 23.2 Å². The summed E-state index contributed by atoms with van der Waals surface area (Å²) >= 11 is 6.85. The smallest absolute Gasteiger partial charge is 0.240 e. The molecule has 0 bridgehead atoms. The molecule has 25 heavy (non-hydrogen) atoms. The molecule has 1 aliphatic rings. The molecule has 130 valence electrons. The van der Waals surface area contributed by atoms with Crippen molar-refractivity contribution in [1.82, 2.24) is 5.32 Å². The van der Waals surface area contributed by atoms with Gasteiger partial charge in [-0.3, -0.25) is 14.6 Å². The summed E-state index contributed by atoms with van der Waals surface area (Å²) in [6.45, 7) is 0.308. The quantitative estimate of drug-likeness (QED) is 0.833. The highest BCUT2D eigenvalue weighted by atomic mass is 35.5. The molecule has 1 fully saturated rings. The second-order valence-corrected chi connectivity index (χ2v) is 6.78. The monoisotopic (exact) mass is 381 g/mol. The first-order valence-electron chi connectivity index (χ1n) is 7.30. The summed E-state index contributed by atoms with van der Waals surface area (Å²) < 4.78 is 18.3. The van der Waals surface area contributed by atoms with E-state index in [1.54, 1.807) is 18.4 Å². The summed E-state index contributed by atoms with van der Waals surface area (Å²) in [5.74, 6) is -0.544. The van der Waals surface area contributed by atoms with Crippen LogP contribution < -0.4 is 10.6 Å². The van der Waals surface area contributed by atoms with Crippen molar-refractivity contribution >= 4 is 46.0 Å². The summed E-state index contributed by atoms with van der Waals surface area (Å²) in [6, 6.07) is 7.41. The van der Waals surface area contributed by atoms with E-state index in [9.17, 15) is 14.0 Å². The predicted molar refractivity (Wildman–Crippen MR) is 94.0 cm³/mol. The number of benzene rings is 1. The minimum absolute atomic E-state index is 0.0364. The van der Waals surface area contributed by atoms with Gasteiger partial charge in [-0.2, -0.15) is 0 Å². The highest BCUT2D eigenvalue weighted by Crippen LogP contribution is 2.24. The van der Waals surface area contributed by atoms with Crippen LogP contribution in [0.5, 0.6) is 0 Å². The summed E-state index contributed by atoms with van der Waals surface area (Å²) in [6.07, 6.45) is 1.51. The standard InChI is InChI=1S/C16H13ClFN3O3S/c17-11-6-9(3-4-12(11)18)20-14(22)7-13-15(23)21-16(25-13)19-8-10-2-1-5-24-10/h1-6,13H,7-8H2,(H,20,22)(H,19,21,23). The number of amides is 2. The van der Waals surface area contributed by atoms with Crippen molar-refractivity contribution in [3.63, 3.8) is 0 Å². The summed E-state index contributed by atoms with van der Waals surface area (Å²) in [4.78, 5) is 28.3. The van der Waals surface area contributed by atoms with Gasteiger partial charge in [-0.15, -0.1) is 0 Å². The van der Waals surface area contributed by atoms with Gasteiger partial charge in [0.25, 0.3) is 0 Å². The lowest BCUT2D eigenvalue weighted by atomic mass is 10.2. The van der Waals surface area contributed by atoms with Crippen LogP contribution in [0.4, 0.5) is 10.1 Å². The van der Waals surface area contributed by atoms with Gasteiger partial charge in [-0.1, -0.05) is 23.4 Å². The molecule has 1 aliphatic heterocycles. The zero-order valence-electron chi connectivity index (χ0n) is 12.8. The fourth-order valence-corrected chi connectivity index (χ4v) is 3.27. The molecule has 0 aliphatic carbocycles. The minimum Gasteiger partial charge on any atom is -0.467 e. The molecule has 1 atom stereocenters. The van der Waals surface area contributed by atoms with Gasteiger partial charge in [0.1, 0.15) is 16.8 Å². The fraction of sp³-hybridized carbons (Fsp3) is 0.188. The Morgan fingerprint density at radius 1 is 1.44 bits per heavy atom. The van der Waals surface area contributed by atoms with Crippen LogP contribution in [-0.4, -0.2) is 22.2 Å². The van der Waals surface area contributed by atoms with Crippen molar-refractivity contribution in [2.45, 2.75) is 18.2 Å². The van der Waals surface area contributed by atoms with E-state index in [4.69, 9.17) is 16.0 Å². The van der Waals surface area contributed by atoms with Gasteiger partial charge in [0, 0.05) is 12.1 Å². The number of furan rings is 1. The Bertz CT molecular complexity index is 826. The van der Waals surface area contributed by atoms with Crippen LogP contribution in [0.1, 0.15) is 12.2 Å². The number of anilines is 1. The van der Waals surface area contributed by atoms with Crippen LogP contribution in [0.3, 0.4) is 0 Å². The highest BCUT2D eigenvalue weighted by Gasteiger charge is 2.32. The lowest BCUT2D eigenvalue weighted by molar-refractivity contribution is -0.122. The average Bonchev–Trinajstić information content (AvgIpc) is 3.19. The van der Waals surface area contributed by atoms with Crippen LogP contribution in [-0.2, 0) is 16.1 Å². The number of hydrogen-bond donors (Lipinski definition) is 2. The molecular formula is C16H13ClFN3O3S. The maximum Gasteiger partial charge on any atom is 0.240 e. The van der Waals surface area contributed by atoms with Crippen LogP contribution in [0.25, 0.3) is 0 Å². The van der Waals surface area contributed by atoms with Gasteiger partial charge < -0.3 is 15.1 Å². The number of aliphatic imine (C=N–C) groups is 1. The molecule has 2 N–H and O–H groups in total. The number of carbonyl (C=O) groups excluding carboxylic acids is 2. The molecular weight excluding hydrogens is 369 g/mol. The second-order valence-electron chi connectivity index (χ2n) is 5.18. The lowest BCUT2D eigenvalue weighted by Crippen LogP contribution is -2.28. The van der Waals surface area contributed by atoms with Gasteiger partial charge in [0.15, 0.2) is 5.17 Å². The highest BCUT2D eigenvalue weighted by molar-refractivity contribution is 8.15. The number of carbonyl (C=O) groups is 2. The number of nitrogens with zero attached hydrogens (tertiary/aromatic N) is 1. The van der Waals surface area contributed by atoms with E-state index in [1.807, 2.05) is 0 Å². The number of amidine groups is 1. The van der Waals surface area contributed by atoms with Crippen LogP contribution in [0, 0.1) is 5.82 Å². The van der Waals surface area contributed by atoms with Crippen molar-refractivity contribution in [3.05, 3.63) is 53.2 Å². The molecule has 0 radical (unpaired) electrons. The number of nitrogens with one attached hydrogen (secondary N) is 2. The van der Waals surface area contributed by atoms with E-state index in [-0.39, 0.29) is 23.3 Å².